The van der Waals surface area contributed by atoms with Crippen LogP contribution in [-0.2, 0) is 4.79 Å². The van der Waals surface area contributed by atoms with Gasteiger partial charge in [0.25, 0.3) is 0 Å². The minimum atomic E-state index is -4.09. The van der Waals surface area contributed by atoms with E-state index in [4.69, 9.17) is 0 Å². The van der Waals surface area contributed by atoms with Crippen molar-refractivity contribution in [3.05, 3.63) is 0 Å². The largest absolute Gasteiger partial charge is 0.391 e. The van der Waals surface area contributed by atoms with Gasteiger partial charge in [-0.1, -0.05) is 0 Å². The lowest BCUT2D eigenvalue weighted by Gasteiger charge is -2.30. The maximum atomic E-state index is 12.4. The lowest BCUT2D eigenvalue weighted by atomic mass is 9.85. The molecule has 6 heteroatoms. The van der Waals surface area contributed by atoms with Gasteiger partial charge in [-0.15, -0.1) is 0 Å². The number of amides is 1. The zero-order chi connectivity index (χ0) is 13.1. The van der Waals surface area contributed by atoms with Gasteiger partial charge in [0.1, 0.15) is 0 Å². The van der Waals surface area contributed by atoms with E-state index >= 15 is 0 Å². The molecule has 0 heterocycles. The lowest BCUT2D eigenvalue weighted by Crippen LogP contribution is -2.47. The van der Waals surface area contributed by atoms with E-state index in [1.165, 1.54) is 0 Å². The summed E-state index contributed by atoms with van der Waals surface area (Å²) < 4.78 is 37.2. The fraction of sp³-hybridized carbons (Fsp3) is 0.909. The van der Waals surface area contributed by atoms with E-state index in [2.05, 4.69) is 10.6 Å². The number of carbonyl (C=O) groups is 1. The minimum Gasteiger partial charge on any atom is -0.352 e. The van der Waals surface area contributed by atoms with Crippen LogP contribution in [0.15, 0.2) is 0 Å². The van der Waals surface area contributed by atoms with E-state index in [0.29, 0.717) is 12.8 Å². The summed E-state index contributed by atoms with van der Waals surface area (Å²) in [4.78, 5) is 11.5. The Labute approximate surface area is 99.1 Å². The quantitative estimate of drug-likeness (QED) is 0.804. The summed E-state index contributed by atoms with van der Waals surface area (Å²) in [5.74, 6) is -1.35. The first-order valence-corrected chi connectivity index (χ1v) is 5.89. The minimum absolute atomic E-state index is 0.113. The Bertz CT molecular complexity index is 260. The molecule has 1 rings (SSSR count). The van der Waals surface area contributed by atoms with Crippen LogP contribution in [0.25, 0.3) is 0 Å². The molecule has 2 N–H and O–H groups in total. The van der Waals surface area contributed by atoms with Crippen LogP contribution >= 0.6 is 0 Å². The van der Waals surface area contributed by atoms with E-state index in [9.17, 15) is 18.0 Å². The summed E-state index contributed by atoms with van der Waals surface area (Å²) >= 11 is 0. The summed E-state index contributed by atoms with van der Waals surface area (Å²) in [6.07, 6.45) is -3.04. The Hall–Kier alpha value is -0.780. The van der Waals surface area contributed by atoms with Crippen molar-refractivity contribution in [1.29, 1.82) is 0 Å². The van der Waals surface area contributed by atoms with Gasteiger partial charge in [-0.3, -0.25) is 4.79 Å². The molecule has 0 saturated heterocycles. The molecule has 1 aliphatic carbocycles. The van der Waals surface area contributed by atoms with Gasteiger partial charge < -0.3 is 10.6 Å². The number of nitrogens with one attached hydrogen (secondary N) is 2. The van der Waals surface area contributed by atoms with Crippen molar-refractivity contribution in [3.8, 4) is 0 Å². The molecule has 0 aliphatic heterocycles. The average molecular weight is 252 g/mol. The van der Waals surface area contributed by atoms with Crippen molar-refractivity contribution in [2.24, 2.45) is 5.92 Å². The topological polar surface area (TPSA) is 41.1 Å². The maximum absolute atomic E-state index is 12.4. The number of alkyl halides is 3. The highest BCUT2D eigenvalue weighted by molar-refractivity contribution is 5.81. The summed E-state index contributed by atoms with van der Waals surface area (Å²) in [6.45, 7) is 1.72. The standard InChI is InChI=1S/C11H19F3N2O/c1-7(15-2)10(17)16-9-5-3-8(4-6-9)11(12,13)14/h7-9,15H,3-6H2,1-2H3,(H,16,17). The third kappa shape index (κ3) is 4.18. The molecule has 0 aromatic rings. The molecule has 0 bridgehead atoms. The predicted octanol–water partition coefficient (Wildman–Crippen LogP) is 1.83. The molecule has 0 radical (unpaired) electrons. The highest BCUT2D eigenvalue weighted by atomic mass is 19.4. The van der Waals surface area contributed by atoms with Crippen molar-refractivity contribution >= 4 is 5.91 Å². The summed E-state index contributed by atoms with van der Waals surface area (Å²) in [5, 5.41) is 5.57. The average Bonchev–Trinajstić information content (AvgIpc) is 2.27. The molecule has 0 aromatic carbocycles. The molecular weight excluding hydrogens is 233 g/mol. The molecule has 17 heavy (non-hydrogen) atoms. The number of likely N-dealkylation sites (N-methyl/N-ethyl adjacent to an activating group) is 1. The molecule has 1 saturated carbocycles. The molecule has 1 fully saturated rings. The second kappa shape index (κ2) is 5.71. The zero-order valence-electron chi connectivity index (χ0n) is 10.1. The lowest BCUT2D eigenvalue weighted by molar-refractivity contribution is -0.182. The van der Waals surface area contributed by atoms with Gasteiger partial charge >= 0.3 is 6.18 Å². The van der Waals surface area contributed by atoms with Gasteiger partial charge in [-0.05, 0) is 39.7 Å². The number of hydrogen-bond donors (Lipinski definition) is 2. The Morgan fingerprint density at radius 3 is 2.18 bits per heavy atom. The number of rotatable bonds is 3. The van der Waals surface area contributed by atoms with Crippen LogP contribution in [0.1, 0.15) is 32.6 Å². The van der Waals surface area contributed by atoms with E-state index in [-0.39, 0.29) is 30.8 Å². The van der Waals surface area contributed by atoms with Gasteiger partial charge in [0.2, 0.25) is 5.91 Å². The van der Waals surface area contributed by atoms with Crippen molar-refractivity contribution in [2.45, 2.75) is 50.9 Å². The van der Waals surface area contributed by atoms with E-state index in [1.807, 2.05) is 0 Å². The predicted molar refractivity (Wildman–Crippen MR) is 58.5 cm³/mol. The molecule has 100 valence electrons. The number of halogens is 3. The molecular formula is C11H19F3N2O. The van der Waals surface area contributed by atoms with Gasteiger partial charge in [0.05, 0.1) is 12.0 Å². The highest BCUT2D eigenvalue weighted by Crippen LogP contribution is 2.37. The summed E-state index contributed by atoms with van der Waals surface area (Å²) in [7, 11) is 1.67. The van der Waals surface area contributed by atoms with Crippen LogP contribution in [0.2, 0.25) is 0 Å². The first-order valence-electron chi connectivity index (χ1n) is 5.89. The molecule has 1 aliphatic rings. The molecule has 1 atom stereocenters. The molecule has 0 aromatic heterocycles. The van der Waals surface area contributed by atoms with Crippen molar-refractivity contribution in [2.75, 3.05) is 7.05 Å². The van der Waals surface area contributed by atoms with Gasteiger partial charge in [-0.25, -0.2) is 0 Å². The van der Waals surface area contributed by atoms with Crippen molar-refractivity contribution < 1.29 is 18.0 Å². The Balaban J connectivity index is 2.35. The Morgan fingerprint density at radius 2 is 1.76 bits per heavy atom. The van der Waals surface area contributed by atoms with Crippen molar-refractivity contribution in [3.63, 3.8) is 0 Å². The summed E-state index contributed by atoms with van der Waals surface area (Å²) in [5.41, 5.74) is 0. The molecule has 1 unspecified atom stereocenters. The highest BCUT2D eigenvalue weighted by Gasteiger charge is 2.41. The third-order valence-electron chi connectivity index (χ3n) is 3.36. The van der Waals surface area contributed by atoms with Gasteiger partial charge in [0.15, 0.2) is 0 Å². The fourth-order valence-corrected chi connectivity index (χ4v) is 2.02. The maximum Gasteiger partial charge on any atom is 0.391 e. The van der Waals surface area contributed by atoms with Crippen LogP contribution in [0.5, 0.6) is 0 Å². The Kier molecular flexibility index (Phi) is 4.80. The van der Waals surface area contributed by atoms with Crippen LogP contribution in [0, 0.1) is 5.92 Å². The normalized spacial score (nSPS) is 27.6. The fourth-order valence-electron chi connectivity index (χ4n) is 2.02. The van der Waals surface area contributed by atoms with Crippen LogP contribution in [0.3, 0.4) is 0 Å². The monoisotopic (exact) mass is 252 g/mol. The SMILES string of the molecule is CNC(C)C(=O)NC1CCC(C(F)(F)F)CC1. The smallest absolute Gasteiger partial charge is 0.352 e. The van der Waals surface area contributed by atoms with E-state index in [0.717, 1.165) is 0 Å². The van der Waals surface area contributed by atoms with Crippen LogP contribution < -0.4 is 10.6 Å². The number of hydrogen-bond acceptors (Lipinski definition) is 2. The first kappa shape index (κ1) is 14.3. The Morgan fingerprint density at radius 1 is 1.24 bits per heavy atom. The molecule has 3 nitrogen and oxygen atoms in total. The van der Waals surface area contributed by atoms with E-state index in [1.54, 1.807) is 14.0 Å². The van der Waals surface area contributed by atoms with Crippen molar-refractivity contribution in [1.82, 2.24) is 10.6 Å². The van der Waals surface area contributed by atoms with Gasteiger partial charge in [0, 0.05) is 6.04 Å². The second-order valence-electron chi connectivity index (χ2n) is 4.61. The zero-order valence-corrected chi connectivity index (χ0v) is 10.1. The first-order chi connectivity index (χ1) is 7.84. The second-order valence-corrected chi connectivity index (χ2v) is 4.61. The number of carbonyl (C=O) groups excluding carboxylic acids is 1. The molecule has 0 spiro atoms. The van der Waals surface area contributed by atoms with Crippen LogP contribution in [-0.4, -0.2) is 31.2 Å². The van der Waals surface area contributed by atoms with Crippen LogP contribution in [0.4, 0.5) is 13.2 Å². The molecule has 1 amide bonds. The third-order valence-corrected chi connectivity index (χ3v) is 3.36. The van der Waals surface area contributed by atoms with E-state index < -0.39 is 12.1 Å². The van der Waals surface area contributed by atoms with Gasteiger partial charge in [-0.2, -0.15) is 13.2 Å². The summed E-state index contributed by atoms with van der Waals surface area (Å²) in [6, 6.07) is -0.424.